The van der Waals surface area contributed by atoms with Gasteiger partial charge in [0.25, 0.3) is 0 Å². The first kappa shape index (κ1) is 16.3. The fourth-order valence-corrected chi connectivity index (χ4v) is 4.33. The van der Waals surface area contributed by atoms with Crippen LogP contribution in [0.15, 0.2) is 54.6 Å². The molecule has 0 saturated carbocycles. The van der Waals surface area contributed by atoms with Gasteiger partial charge in [0.2, 0.25) is 5.91 Å². The zero-order valence-corrected chi connectivity index (χ0v) is 15.3. The Kier molecular flexibility index (Phi) is 4.53. The molecule has 0 unspecified atom stereocenters. The van der Waals surface area contributed by atoms with Gasteiger partial charge >= 0.3 is 0 Å². The van der Waals surface area contributed by atoms with E-state index in [9.17, 15) is 4.79 Å². The van der Waals surface area contributed by atoms with Crippen LogP contribution in [0.2, 0.25) is 0 Å². The third kappa shape index (κ3) is 3.31. The molecule has 4 heteroatoms. The topological polar surface area (TPSA) is 25.2 Å². The smallest absolute Gasteiger partial charge is 0.242 e. The lowest BCUT2D eigenvalue weighted by Crippen LogP contribution is -2.39. The van der Waals surface area contributed by atoms with Crippen LogP contribution < -0.4 is 0 Å². The molecular weight excluding hydrogens is 328 g/mol. The van der Waals surface area contributed by atoms with E-state index in [2.05, 4.69) is 47.9 Å². The minimum Gasteiger partial charge on any atom is -0.339 e. The maximum Gasteiger partial charge on any atom is 0.242 e. The Morgan fingerprint density at radius 1 is 1.04 bits per heavy atom. The summed E-state index contributed by atoms with van der Waals surface area (Å²) in [5, 5.41) is 1.19. The van der Waals surface area contributed by atoms with Gasteiger partial charge in [-0.1, -0.05) is 42.5 Å². The normalized spacial score (nSPS) is 14.8. The highest BCUT2D eigenvalue weighted by molar-refractivity contribution is 7.99. The number of aromatic nitrogens is 1. The first-order chi connectivity index (χ1) is 12.2. The van der Waals surface area contributed by atoms with E-state index in [0.717, 1.165) is 41.4 Å². The molecule has 128 valence electrons. The molecule has 0 bridgehead atoms. The SMILES string of the molecule is Cc1ccc2cc(-c3ccccc3)n(CC(=O)N3CCSCC3)c2c1. The summed E-state index contributed by atoms with van der Waals surface area (Å²) in [7, 11) is 0. The Morgan fingerprint density at radius 2 is 1.80 bits per heavy atom. The first-order valence-corrected chi connectivity index (χ1v) is 9.89. The molecule has 25 heavy (non-hydrogen) atoms. The van der Waals surface area contributed by atoms with E-state index in [-0.39, 0.29) is 5.91 Å². The van der Waals surface area contributed by atoms with Crippen LogP contribution in [-0.4, -0.2) is 40.0 Å². The molecule has 1 amide bonds. The van der Waals surface area contributed by atoms with Gasteiger partial charge < -0.3 is 9.47 Å². The minimum atomic E-state index is 0.219. The van der Waals surface area contributed by atoms with E-state index in [1.807, 2.05) is 34.9 Å². The lowest BCUT2D eigenvalue weighted by molar-refractivity contribution is -0.131. The number of nitrogens with zero attached hydrogens (tertiary/aromatic N) is 2. The molecule has 1 fully saturated rings. The van der Waals surface area contributed by atoms with E-state index in [1.54, 1.807) is 0 Å². The van der Waals surface area contributed by atoms with Crippen molar-refractivity contribution in [2.24, 2.45) is 0 Å². The summed E-state index contributed by atoms with van der Waals surface area (Å²) in [6, 6.07) is 19.0. The van der Waals surface area contributed by atoms with E-state index in [0.29, 0.717) is 6.54 Å². The zero-order valence-electron chi connectivity index (χ0n) is 14.4. The molecule has 2 aromatic carbocycles. The van der Waals surface area contributed by atoms with Gasteiger partial charge in [-0.15, -0.1) is 0 Å². The number of amides is 1. The van der Waals surface area contributed by atoms with E-state index in [4.69, 9.17) is 0 Å². The van der Waals surface area contributed by atoms with Gasteiger partial charge in [-0.05, 0) is 30.2 Å². The maximum absolute atomic E-state index is 12.9. The maximum atomic E-state index is 12.9. The van der Waals surface area contributed by atoms with Crippen LogP contribution in [-0.2, 0) is 11.3 Å². The molecule has 0 atom stereocenters. The number of hydrogen-bond acceptors (Lipinski definition) is 2. The molecular formula is C21H22N2OS. The molecule has 0 spiro atoms. The summed E-state index contributed by atoms with van der Waals surface area (Å²) in [6.45, 7) is 4.23. The molecule has 3 aromatic rings. The van der Waals surface area contributed by atoms with Crippen molar-refractivity contribution in [1.29, 1.82) is 0 Å². The zero-order chi connectivity index (χ0) is 17.2. The average molecular weight is 350 g/mol. The monoisotopic (exact) mass is 350 g/mol. The summed E-state index contributed by atoms with van der Waals surface area (Å²) >= 11 is 1.93. The third-order valence-electron chi connectivity index (χ3n) is 4.79. The predicted octanol–water partition coefficient (Wildman–Crippen LogP) is 4.19. The second kappa shape index (κ2) is 6.96. The minimum absolute atomic E-state index is 0.219. The molecule has 0 radical (unpaired) electrons. The van der Waals surface area contributed by atoms with Gasteiger partial charge in [0, 0.05) is 41.2 Å². The molecule has 0 N–H and O–H groups in total. The van der Waals surface area contributed by atoms with Gasteiger partial charge in [0.15, 0.2) is 0 Å². The molecule has 1 saturated heterocycles. The van der Waals surface area contributed by atoms with Crippen molar-refractivity contribution >= 4 is 28.6 Å². The van der Waals surface area contributed by atoms with Gasteiger partial charge in [-0.25, -0.2) is 0 Å². The summed E-state index contributed by atoms with van der Waals surface area (Å²) in [4.78, 5) is 14.9. The van der Waals surface area contributed by atoms with Crippen molar-refractivity contribution in [2.45, 2.75) is 13.5 Å². The molecule has 1 aliphatic heterocycles. The second-order valence-corrected chi connectivity index (χ2v) is 7.76. The van der Waals surface area contributed by atoms with Crippen molar-refractivity contribution in [3.63, 3.8) is 0 Å². The summed E-state index contributed by atoms with van der Waals surface area (Å²) in [5.74, 6) is 2.31. The average Bonchev–Trinajstić information content (AvgIpc) is 3.01. The van der Waals surface area contributed by atoms with Crippen molar-refractivity contribution in [2.75, 3.05) is 24.6 Å². The summed E-state index contributed by atoms with van der Waals surface area (Å²) in [6.07, 6.45) is 0. The van der Waals surface area contributed by atoms with Crippen LogP contribution in [0.4, 0.5) is 0 Å². The number of benzene rings is 2. The Morgan fingerprint density at radius 3 is 2.56 bits per heavy atom. The van der Waals surface area contributed by atoms with Crippen molar-refractivity contribution in [1.82, 2.24) is 9.47 Å². The largest absolute Gasteiger partial charge is 0.339 e. The highest BCUT2D eigenvalue weighted by atomic mass is 32.2. The van der Waals surface area contributed by atoms with Crippen LogP contribution in [0.5, 0.6) is 0 Å². The fourth-order valence-electron chi connectivity index (χ4n) is 3.43. The summed E-state index contributed by atoms with van der Waals surface area (Å²) in [5.41, 5.74) is 4.62. The lowest BCUT2D eigenvalue weighted by Gasteiger charge is -2.27. The number of fused-ring (bicyclic) bond motifs is 1. The van der Waals surface area contributed by atoms with Crippen LogP contribution >= 0.6 is 11.8 Å². The molecule has 1 aliphatic rings. The Labute approximate surface area is 152 Å². The molecule has 3 nitrogen and oxygen atoms in total. The fraction of sp³-hybridized carbons (Fsp3) is 0.286. The predicted molar refractivity (Wildman–Crippen MR) is 106 cm³/mol. The van der Waals surface area contributed by atoms with E-state index >= 15 is 0 Å². The molecule has 0 aliphatic carbocycles. The lowest BCUT2D eigenvalue weighted by atomic mass is 10.1. The molecule has 2 heterocycles. The number of carbonyl (C=O) groups is 1. The van der Waals surface area contributed by atoms with Gasteiger partial charge in [0.1, 0.15) is 6.54 Å². The van der Waals surface area contributed by atoms with Crippen molar-refractivity contribution in [3.8, 4) is 11.3 Å². The highest BCUT2D eigenvalue weighted by Gasteiger charge is 2.20. The second-order valence-electron chi connectivity index (χ2n) is 6.54. The summed E-state index contributed by atoms with van der Waals surface area (Å²) < 4.78 is 2.18. The standard InChI is InChI=1S/C21H22N2OS/c1-16-7-8-18-14-20(17-5-3-2-4-6-17)23(19(18)13-16)15-21(24)22-9-11-25-12-10-22/h2-8,13-14H,9-12,15H2,1H3. The van der Waals surface area contributed by atoms with Crippen molar-refractivity contribution < 1.29 is 4.79 Å². The Hall–Kier alpha value is -2.20. The van der Waals surface area contributed by atoms with Gasteiger partial charge in [0.05, 0.1) is 0 Å². The van der Waals surface area contributed by atoms with E-state index in [1.165, 1.54) is 10.9 Å². The number of hydrogen-bond donors (Lipinski definition) is 0. The third-order valence-corrected chi connectivity index (χ3v) is 5.73. The number of thioether (sulfide) groups is 1. The number of aryl methyl sites for hydroxylation is 1. The van der Waals surface area contributed by atoms with E-state index < -0.39 is 0 Å². The van der Waals surface area contributed by atoms with Crippen molar-refractivity contribution in [3.05, 3.63) is 60.2 Å². The Bertz CT molecular complexity index is 895. The quantitative estimate of drug-likeness (QED) is 0.708. The van der Waals surface area contributed by atoms with Crippen LogP contribution in [0.25, 0.3) is 22.2 Å². The number of carbonyl (C=O) groups excluding carboxylic acids is 1. The van der Waals surface area contributed by atoms with Gasteiger partial charge in [-0.3, -0.25) is 4.79 Å². The van der Waals surface area contributed by atoms with Crippen LogP contribution in [0.1, 0.15) is 5.56 Å². The first-order valence-electron chi connectivity index (χ1n) is 8.73. The number of rotatable bonds is 3. The Balaban J connectivity index is 1.77. The van der Waals surface area contributed by atoms with Crippen LogP contribution in [0, 0.1) is 6.92 Å². The van der Waals surface area contributed by atoms with Crippen LogP contribution in [0.3, 0.4) is 0 Å². The molecule has 1 aromatic heterocycles. The highest BCUT2D eigenvalue weighted by Crippen LogP contribution is 2.29. The van der Waals surface area contributed by atoms with Gasteiger partial charge in [-0.2, -0.15) is 11.8 Å². The molecule has 4 rings (SSSR count).